The minimum Gasteiger partial charge on any atom is -0.226 e. The molecule has 0 unspecified atom stereocenters. The number of rotatable bonds is 1. The van der Waals surface area contributed by atoms with Crippen LogP contribution in [0.1, 0.15) is 0 Å². The summed E-state index contributed by atoms with van der Waals surface area (Å²) in [6, 6.07) is 1.38. The molecule has 0 bridgehead atoms. The Morgan fingerprint density at radius 2 is 2.12 bits per heavy atom. The van der Waals surface area contributed by atoms with Crippen LogP contribution in [0.25, 0.3) is 0 Å². The smallest absolute Gasteiger partial charge is 0.220 e. The monoisotopic (exact) mass is 153 g/mol. The summed E-state index contributed by atoms with van der Waals surface area (Å²) in [7, 11) is -3.35. The van der Waals surface area contributed by atoms with Crippen molar-refractivity contribution in [1.82, 2.24) is 0 Å². The van der Waals surface area contributed by atoms with Gasteiger partial charge in [0.25, 0.3) is 0 Å². The summed E-state index contributed by atoms with van der Waals surface area (Å²) < 4.78 is 19.0. The van der Waals surface area contributed by atoms with Crippen LogP contribution in [0.5, 0.6) is 0 Å². The van der Waals surface area contributed by atoms with Gasteiger partial charge in [0.2, 0.25) is 4.71 Å². The zero-order valence-corrected chi connectivity index (χ0v) is 5.70. The van der Waals surface area contributed by atoms with Crippen LogP contribution in [0.15, 0.2) is 0 Å². The summed E-state index contributed by atoms with van der Waals surface area (Å²) in [6.45, 7) is 0. The molecule has 0 heterocycles. The first-order chi connectivity index (χ1) is 3.48. The number of hydrogen-bond donors (Lipinski definition) is 0. The molecule has 0 aromatic carbocycles. The van der Waals surface area contributed by atoms with Gasteiger partial charge < -0.3 is 0 Å². The predicted molar refractivity (Wildman–Crippen MR) is 30.1 cm³/mol. The predicted octanol–water partition coefficient (Wildman–Crippen LogP) is 0.119. The number of nitrogens with zero attached hydrogens (tertiary/aromatic N) is 1. The van der Waals surface area contributed by atoms with Crippen molar-refractivity contribution in [3.63, 3.8) is 0 Å². The summed E-state index contributed by atoms with van der Waals surface area (Å²) in [5.41, 5.74) is 0. The number of hydrogen-bond acceptors (Lipinski definition) is 3. The molecule has 0 saturated carbocycles. The molecule has 0 radical (unpaired) electrons. The summed E-state index contributed by atoms with van der Waals surface area (Å²) in [5.74, 6) is 0. The maximum Gasteiger partial charge on any atom is 0.220 e. The van der Waals surface area contributed by atoms with E-state index in [0.717, 1.165) is 6.26 Å². The lowest BCUT2D eigenvalue weighted by Gasteiger charge is -1.91. The lowest BCUT2D eigenvalue weighted by atomic mass is 10.9. The molecule has 0 spiro atoms. The fourth-order valence-corrected chi connectivity index (χ4v) is 0.287. The van der Waals surface area contributed by atoms with Crippen LogP contribution in [-0.4, -0.2) is 19.4 Å². The second-order valence-electron chi connectivity index (χ2n) is 1.27. The normalized spacial score (nSPS) is 14.6. The Labute approximate surface area is 52.8 Å². The van der Waals surface area contributed by atoms with E-state index < -0.39 is 14.5 Å². The van der Waals surface area contributed by atoms with Gasteiger partial charge in [-0.15, -0.1) is 0 Å². The van der Waals surface area contributed by atoms with Crippen LogP contribution in [-0.2, 0) is 9.84 Å². The SMILES string of the molecule is CS(=O)(=O)[C@H](Cl)C#N. The zero-order valence-electron chi connectivity index (χ0n) is 4.13. The summed E-state index contributed by atoms with van der Waals surface area (Å²) in [5, 5.41) is 7.91. The number of sulfone groups is 1. The number of nitriles is 1. The lowest BCUT2D eigenvalue weighted by molar-refractivity contribution is 0.603. The van der Waals surface area contributed by atoms with Crippen LogP contribution in [0.3, 0.4) is 0 Å². The van der Waals surface area contributed by atoms with E-state index in [0.29, 0.717) is 0 Å². The van der Waals surface area contributed by atoms with Gasteiger partial charge in [-0.2, -0.15) is 5.26 Å². The molecular weight excluding hydrogens is 150 g/mol. The van der Waals surface area contributed by atoms with Gasteiger partial charge in [-0.25, -0.2) is 8.42 Å². The van der Waals surface area contributed by atoms with Crippen LogP contribution in [0, 0.1) is 11.3 Å². The van der Waals surface area contributed by atoms with Crippen molar-refractivity contribution in [3.05, 3.63) is 0 Å². The molecule has 8 heavy (non-hydrogen) atoms. The van der Waals surface area contributed by atoms with Gasteiger partial charge in [0, 0.05) is 6.26 Å². The molecule has 0 aliphatic heterocycles. The minimum atomic E-state index is -3.35. The minimum absolute atomic E-state index is 0.911. The highest BCUT2D eigenvalue weighted by Gasteiger charge is 2.14. The topological polar surface area (TPSA) is 57.9 Å². The summed E-state index contributed by atoms with van der Waals surface area (Å²) in [6.07, 6.45) is 0.911. The highest BCUT2D eigenvalue weighted by Crippen LogP contribution is 2.00. The first-order valence-electron chi connectivity index (χ1n) is 1.71. The Hall–Kier alpha value is -0.270. The van der Waals surface area contributed by atoms with Gasteiger partial charge in [-0.3, -0.25) is 0 Å². The summed E-state index contributed by atoms with van der Waals surface area (Å²) in [4.78, 5) is 0. The van der Waals surface area contributed by atoms with Crippen molar-refractivity contribution in [2.45, 2.75) is 4.71 Å². The molecule has 0 amide bonds. The van der Waals surface area contributed by atoms with Crippen molar-refractivity contribution in [1.29, 1.82) is 5.26 Å². The summed E-state index contributed by atoms with van der Waals surface area (Å²) >= 11 is 4.99. The first-order valence-corrected chi connectivity index (χ1v) is 4.10. The zero-order chi connectivity index (χ0) is 6.78. The molecule has 0 aliphatic rings. The van der Waals surface area contributed by atoms with Crippen molar-refractivity contribution >= 4 is 21.4 Å². The average molecular weight is 154 g/mol. The second kappa shape index (κ2) is 2.33. The van der Waals surface area contributed by atoms with Crippen LogP contribution < -0.4 is 0 Å². The van der Waals surface area contributed by atoms with Crippen molar-refractivity contribution in [2.75, 3.05) is 6.26 Å². The van der Waals surface area contributed by atoms with E-state index in [1.807, 2.05) is 0 Å². The number of alkyl halides is 1. The quantitative estimate of drug-likeness (QED) is 0.503. The van der Waals surface area contributed by atoms with E-state index in [2.05, 4.69) is 0 Å². The maximum atomic E-state index is 10.2. The molecule has 3 nitrogen and oxygen atoms in total. The van der Waals surface area contributed by atoms with Crippen LogP contribution in [0.2, 0.25) is 0 Å². The molecule has 0 aromatic rings. The maximum absolute atomic E-state index is 10.2. The van der Waals surface area contributed by atoms with E-state index in [-0.39, 0.29) is 0 Å². The molecular formula is C3H4ClNO2S. The van der Waals surface area contributed by atoms with E-state index in [9.17, 15) is 8.42 Å². The molecule has 46 valence electrons. The molecule has 0 fully saturated rings. The van der Waals surface area contributed by atoms with Gasteiger partial charge in [-0.1, -0.05) is 11.6 Å². The third-order valence-electron chi connectivity index (χ3n) is 0.477. The Balaban J connectivity index is 4.34. The Bertz CT molecular complexity index is 202. The second-order valence-corrected chi connectivity index (χ2v) is 4.10. The third-order valence-corrected chi connectivity index (χ3v) is 2.40. The van der Waals surface area contributed by atoms with Crippen molar-refractivity contribution in [3.8, 4) is 6.07 Å². The van der Waals surface area contributed by atoms with E-state index in [4.69, 9.17) is 16.9 Å². The molecule has 0 aliphatic carbocycles. The average Bonchev–Trinajstić information content (AvgIpc) is 1.62. The van der Waals surface area contributed by atoms with Gasteiger partial charge in [0.15, 0.2) is 9.84 Å². The molecule has 0 N–H and O–H groups in total. The van der Waals surface area contributed by atoms with Crippen molar-refractivity contribution in [2.24, 2.45) is 0 Å². The molecule has 0 rings (SSSR count). The number of halogens is 1. The van der Waals surface area contributed by atoms with E-state index in [1.165, 1.54) is 6.07 Å². The lowest BCUT2D eigenvalue weighted by Crippen LogP contribution is -2.09. The van der Waals surface area contributed by atoms with Gasteiger partial charge in [-0.05, 0) is 0 Å². The van der Waals surface area contributed by atoms with E-state index >= 15 is 0 Å². The molecule has 0 aromatic heterocycles. The van der Waals surface area contributed by atoms with Crippen LogP contribution in [0.4, 0.5) is 0 Å². The van der Waals surface area contributed by atoms with Crippen LogP contribution >= 0.6 is 11.6 Å². The third kappa shape index (κ3) is 2.15. The Kier molecular flexibility index (Phi) is 2.26. The highest BCUT2D eigenvalue weighted by molar-refractivity contribution is 7.92. The fourth-order valence-electron chi connectivity index (χ4n) is 0.0957. The largest absolute Gasteiger partial charge is 0.226 e. The fraction of sp³-hybridized carbons (Fsp3) is 0.667. The first kappa shape index (κ1) is 7.73. The highest BCUT2D eigenvalue weighted by atomic mass is 35.5. The standard InChI is InChI=1S/C3H4ClNO2S/c1-8(6,7)3(4)2-5/h3H,1H3/t3-/m0/s1. The Morgan fingerprint density at radius 1 is 1.75 bits per heavy atom. The van der Waals surface area contributed by atoms with E-state index in [1.54, 1.807) is 0 Å². The van der Waals surface area contributed by atoms with Gasteiger partial charge >= 0.3 is 0 Å². The molecule has 1 atom stereocenters. The Morgan fingerprint density at radius 3 is 2.12 bits per heavy atom. The van der Waals surface area contributed by atoms with Gasteiger partial charge in [0.05, 0.1) is 6.07 Å². The van der Waals surface area contributed by atoms with Crippen molar-refractivity contribution < 1.29 is 8.42 Å². The van der Waals surface area contributed by atoms with Gasteiger partial charge in [0.1, 0.15) is 0 Å². The molecule has 0 saturated heterocycles. The molecule has 5 heteroatoms.